The number of aromatic amines is 1. The molecule has 1 saturated heterocycles. The summed E-state index contributed by atoms with van der Waals surface area (Å²) in [4.78, 5) is 16.8. The van der Waals surface area contributed by atoms with E-state index in [1.807, 2.05) is 6.92 Å². The molecule has 2 aliphatic rings. The molecule has 0 radical (unpaired) electrons. The Morgan fingerprint density at radius 2 is 1.81 bits per heavy atom. The highest BCUT2D eigenvalue weighted by atomic mass is 16.1. The Hall–Kier alpha value is -1.99. The third kappa shape index (κ3) is 3.88. The van der Waals surface area contributed by atoms with Crippen molar-refractivity contribution < 1.29 is 0 Å². The molecule has 0 bridgehead atoms. The Morgan fingerprint density at radius 1 is 1.04 bits per heavy atom. The van der Waals surface area contributed by atoms with Gasteiger partial charge in [-0.25, -0.2) is 4.68 Å². The minimum atomic E-state index is -0.0162. The maximum Gasteiger partial charge on any atom is 0.266 e. The fourth-order valence-electron chi connectivity index (χ4n) is 4.01. The molecule has 7 nitrogen and oxygen atoms in total. The van der Waals surface area contributed by atoms with E-state index in [0.717, 1.165) is 51.4 Å². The molecule has 3 heterocycles. The highest BCUT2D eigenvalue weighted by molar-refractivity contribution is 5.27. The van der Waals surface area contributed by atoms with Crippen LogP contribution in [0.1, 0.15) is 35.5 Å². The van der Waals surface area contributed by atoms with E-state index in [1.54, 1.807) is 16.8 Å². The van der Waals surface area contributed by atoms with Gasteiger partial charge >= 0.3 is 0 Å². The highest BCUT2D eigenvalue weighted by Crippen LogP contribution is 2.23. The topological polar surface area (TPSA) is 70.1 Å². The zero-order valence-corrected chi connectivity index (χ0v) is 15.6. The lowest BCUT2D eigenvalue weighted by atomic mass is 9.96. The van der Waals surface area contributed by atoms with Crippen molar-refractivity contribution in [3.63, 3.8) is 0 Å². The summed E-state index contributed by atoms with van der Waals surface area (Å²) in [5.74, 6) is 0. The summed E-state index contributed by atoms with van der Waals surface area (Å²) in [6.45, 7) is 8.59. The number of aromatic nitrogens is 4. The number of H-pyrrole nitrogens is 1. The third-order valence-corrected chi connectivity index (χ3v) is 5.61. The van der Waals surface area contributed by atoms with Crippen molar-refractivity contribution >= 4 is 0 Å². The third-order valence-electron chi connectivity index (χ3n) is 5.61. The van der Waals surface area contributed by atoms with Gasteiger partial charge in [-0.2, -0.15) is 10.2 Å². The van der Waals surface area contributed by atoms with Crippen molar-refractivity contribution in [1.82, 2.24) is 29.8 Å². The number of nitrogens with one attached hydrogen (secondary N) is 1. The minimum Gasteiger partial charge on any atom is -0.299 e. The first-order chi connectivity index (χ1) is 12.7. The van der Waals surface area contributed by atoms with Crippen molar-refractivity contribution in [3.05, 3.63) is 45.1 Å². The summed E-state index contributed by atoms with van der Waals surface area (Å²) in [6, 6.07) is 3.37. The fourth-order valence-corrected chi connectivity index (χ4v) is 4.01. The van der Waals surface area contributed by atoms with Crippen LogP contribution in [0.3, 0.4) is 0 Å². The minimum absolute atomic E-state index is 0.0162. The van der Waals surface area contributed by atoms with Gasteiger partial charge in [0.05, 0.1) is 17.9 Å². The monoisotopic (exact) mass is 356 g/mol. The molecule has 0 spiro atoms. The van der Waals surface area contributed by atoms with Gasteiger partial charge in [0.25, 0.3) is 5.56 Å². The molecule has 1 aliphatic carbocycles. The summed E-state index contributed by atoms with van der Waals surface area (Å²) in [6.07, 6.45) is 4.91. The van der Waals surface area contributed by atoms with Gasteiger partial charge in [-0.15, -0.1) is 0 Å². The SMILES string of the molecule is Cc1ccc(=O)n(CCN2CCN(Cc3n[nH]c4c3CCCC4)CC2)n1. The van der Waals surface area contributed by atoms with E-state index in [9.17, 15) is 4.79 Å². The number of hydrogen-bond donors (Lipinski definition) is 1. The molecule has 2 aromatic rings. The maximum absolute atomic E-state index is 11.9. The predicted molar refractivity (Wildman–Crippen MR) is 100 cm³/mol. The lowest BCUT2D eigenvalue weighted by molar-refractivity contribution is 0.121. The number of piperazine rings is 1. The molecular formula is C19H28N6O. The zero-order valence-electron chi connectivity index (χ0n) is 15.6. The van der Waals surface area contributed by atoms with Crippen LogP contribution in [0.5, 0.6) is 0 Å². The summed E-state index contributed by atoms with van der Waals surface area (Å²) in [5.41, 5.74) is 4.96. The normalized spacial score (nSPS) is 18.8. The molecule has 1 aliphatic heterocycles. The highest BCUT2D eigenvalue weighted by Gasteiger charge is 2.21. The predicted octanol–water partition coefficient (Wildman–Crippen LogP) is 0.971. The van der Waals surface area contributed by atoms with Crippen LogP contribution in [0.25, 0.3) is 0 Å². The second-order valence-electron chi connectivity index (χ2n) is 7.49. The van der Waals surface area contributed by atoms with Crippen LogP contribution in [0.15, 0.2) is 16.9 Å². The quantitative estimate of drug-likeness (QED) is 0.865. The van der Waals surface area contributed by atoms with Crippen LogP contribution in [0.4, 0.5) is 0 Å². The van der Waals surface area contributed by atoms with Crippen LogP contribution in [-0.2, 0) is 25.9 Å². The van der Waals surface area contributed by atoms with Crippen molar-refractivity contribution in [2.75, 3.05) is 32.7 Å². The number of fused-ring (bicyclic) bond motifs is 1. The largest absolute Gasteiger partial charge is 0.299 e. The first kappa shape index (κ1) is 17.4. The van der Waals surface area contributed by atoms with Gasteiger partial charge in [-0.3, -0.25) is 19.7 Å². The number of nitrogens with zero attached hydrogens (tertiary/aromatic N) is 5. The molecule has 0 unspecified atom stereocenters. The number of hydrogen-bond acceptors (Lipinski definition) is 5. The molecule has 1 fully saturated rings. The van der Waals surface area contributed by atoms with Crippen LogP contribution in [-0.4, -0.2) is 62.5 Å². The Morgan fingerprint density at radius 3 is 2.65 bits per heavy atom. The average molecular weight is 356 g/mol. The molecule has 26 heavy (non-hydrogen) atoms. The maximum atomic E-state index is 11.9. The molecule has 140 valence electrons. The van der Waals surface area contributed by atoms with Crippen molar-refractivity contribution in [2.24, 2.45) is 0 Å². The molecular weight excluding hydrogens is 328 g/mol. The Balaban J connectivity index is 1.27. The van der Waals surface area contributed by atoms with Crippen LogP contribution in [0, 0.1) is 6.92 Å². The van der Waals surface area contributed by atoms with Crippen molar-refractivity contribution in [1.29, 1.82) is 0 Å². The number of rotatable bonds is 5. The smallest absolute Gasteiger partial charge is 0.266 e. The van der Waals surface area contributed by atoms with Gasteiger partial charge in [-0.1, -0.05) is 0 Å². The van der Waals surface area contributed by atoms with Crippen LogP contribution < -0.4 is 5.56 Å². The van der Waals surface area contributed by atoms with E-state index in [-0.39, 0.29) is 5.56 Å². The lowest BCUT2D eigenvalue weighted by Crippen LogP contribution is -2.47. The summed E-state index contributed by atoms with van der Waals surface area (Å²) < 4.78 is 1.58. The summed E-state index contributed by atoms with van der Waals surface area (Å²) >= 11 is 0. The first-order valence-corrected chi connectivity index (χ1v) is 9.73. The molecule has 1 N–H and O–H groups in total. The summed E-state index contributed by atoms with van der Waals surface area (Å²) in [5, 5.41) is 12.1. The second-order valence-corrected chi connectivity index (χ2v) is 7.49. The molecule has 4 rings (SSSR count). The lowest BCUT2D eigenvalue weighted by Gasteiger charge is -2.34. The Bertz CT molecular complexity index is 803. The van der Waals surface area contributed by atoms with Crippen molar-refractivity contribution in [2.45, 2.75) is 45.7 Å². The van der Waals surface area contributed by atoms with E-state index in [4.69, 9.17) is 0 Å². The van der Waals surface area contributed by atoms with E-state index in [0.29, 0.717) is 6.54 Å². The average Bonchev–Trinajstić information content (AvgIpc) is 3.07. The number of aryl methyl sites for hydroxylation is 2. The Labute approximate surface area is 154 Å². The fraction of sp³-hybridized carbons (Fsp3) is 0.632. The van der Waals surface area contributed by atoms with Gasteiger partial charge in [-0.05, 0) is 44.2 Å². The second kappa shape index (κ2) is 7.72. The van der Waals surface area contributed by atoms with Crippen LogP contribution in [0.2, 0.25) is 0 Å². The molecule has 2 aromatic heterocycles. The van der Waals surface area contributed by atoms with Gasteiger partial charge in [0.15, 0.2) is 0 Å². The van der Waals surface area contributed by atoms with Gasteiger partial charge in [0, 0.05) is 51.0 Å². The van der Waals surface area contributed by atoms with Gasteiger partial charge in [0.2, 0.25) is 0 Å². The molecule has 7 heteroatoms. The van der Waals surface area contributed by atoms with Gasteiger partial charge < -0.3 is 0 Å². The molecule has 0 atom stereocenters. The molecule has 0 amide bonds. The van der Waals surface area contributed by atoms with E-state index in [2.05, 4.69) is 25.1 Å². The van der Waals surface area contributed by atoms with Gasteiger partial charge in [0.1, 0.15) is 0 Å². The van der Waals surface area contributed by atoms with E-state index in [1.165, 1.54) is 36.2 Å². The summed E-state index contributed by atoms with van der Waals surface area (Å²) in [7, 11) is 0. The molecule has 0 aromatic carbocycles. The molecule has 0 saturated carbocycles. The van der Waals surface area contributed by atoms with E-state index >= 15 is 0 Å². The Kier molecular flexibility index (Phi) is 5.17. The van der Waals surface area contributed by atoms with Crippen molar-refractivity contribution in [3.8, 4) is 0 Å². The van der Waals surface area contributed by atoms with Crippen LogP contribution >= 0.6 is 0 Å². The first-order valence-electron chi connectivity index (χ1n) is 9.73. The van der Waals surface area contributed by atoms with E-state index < -0.39 is 0 Å². The zero-order chi connectivity index (χ0) is 17.9. The standard InChI is InChI=1S/C19H28N6O/c1-15-6-7-19(26)25(22-15)13-12-23-8-10-24(11-9-23)14-18-16-4-2-3-5-17(16)20-21-18/h6-7H,2-5,8-14H2,1H3,(H,20,21).